The number of hydrogen-bond donors (Lipinski definition) is 1. The van der Waals surface area contributed by atoms with Crippen LogP contribution in [0, 0.1) is 11.7 Å². The number of carbonyl (C=O) groups is 1. The Labute approximate surface area is 210 Å². The highest BCUT2D eigenvalue weighted by molar-refractivity contribution is 5.79. The van der Waals surface area contributed by atoms with Crippen molar-refractivity contribution in [3.63, 3.8) is 0 Å². The molecule has 1 aliphatic carbocycles. The highest BCUT2D eigenvalue weighted by atomic mass is 19.4. The maximum absolute atomic E-state index is 13.7. The average molecular weight is 516 g/mol. The number of ether oxygens (including phenoxy) is 3. The number of imidazole rings is 1. The molecular weight excluding hydrogens is 492 g/mol. The standard InChI is InChI=1S/C27H24F4N2O4/c1-35-22-8-5-16(21-13-32-25(33-21)27(29,30)31)11-20(22)17-12-26(37-14-17)10-9-19(24(34)36-2)23(26)15-3-6-18(28)7-4-15/h3-8,11-13,19,23H,9-10,14H2,1-2H3,(H,32,33)/t19-,23+,26+/m0/s1. The van der Waals surface area contributed by atoms with Crippen LogP contribution in [0.15, 0.2) is 54.7 Å². The number of nitrogens with one attached hydrogen (secondary N) is 1. The van der Waals surface area contributed by atoms with Crippen molar-refractivity contribution in [3.8, 4) is 17.0 Å². The molecule has 5 rings (SSSR count). The molecule has 1 N–H and O–H groups in total. The minimum atomic E-state index is -4.59. The van der Waals surface area contributed by atoms with Crippen molar-refractivity contribution >= 4 is 11.5 Å². The molecule has 1 aromatic heterocycles. The van der Waals surface area contributed by atoms with E-state index >= 15 is 0 Å². The van der Waals surface area contributed by atoms with Gasteiger partial charge < -0.3 is 19.2 Å². The SMILES string of the molecule is COC(=O)[C@H]1CC[C@@]2(C=C(c3cc(-c4cnc(C(F)(F)F)[nH]4)ccc3OC)CO2)[C@@H]1c1ccc(F)cc1. The first-order valence-corrected chi connectivity index (χ1v) is 11.6. The van der Waals surface area contributed by atoms with Crippen molar-refractivity contribution in [1.82, 2.24) is 9.97 Å². The summed E-state index contributed by atoms with van der Waals surface area (Å²) in [6.45, 7) is 0.197. The van der Waals surface area contributed by atoms with Gasteiger partial charge in [0.2, 0.25) is 5.82 Å². The Kier molecular flexibility index (Phi) is 6.31. The third-order valence-corrected chi connectivity index (χ3v) is 7.12. The lowest BCUT2D eigenvalue weighted by Gasteiger charge is -2.31. The molecule has 2 heterocycles. The van der Waals surface area contributed by atoms with Gasteiger partial charge in [0.25, 0.3) is 0 Å². The third kappa shape index (κ3) is 4.50. The van der Waals surface area contributed by atoms with Gasteiger partial charge in [0, 0.05) is 17.0 Å². The van der Waals surface area contributed by atoms with Gasteiger partial charge in [-0.15, -0.1) is 0 Å². The second-order valence-electron chi connectivity index (χ2n) is 9.17. The molecule has 37 heavy (non-hydrogen) atoms. The Hall–Kier alpha value is -3.66. The van der Waals surface area contributed by atoms with Gasteiger partial charge >= 0.3 is 12.1 Å². The second-order valence-corrected chi connectivity index (χ2v) is 9.17. The first kappa shape index (κ1) is 25.0. The average Bonchev–Trinajstić information content (AvgIpc) is 3.63. The maximum Gasteiger partial charge on any atom is 0.449 e. The number of rotatable bonds is 5. The number of halogens is 4. The number of esters is 1. The number of hydrogen-bond acceptors (Lipinski definition) is 5. The van der Waals surface area contributed by atoms with Crippen molar-refractivity contribution in [2.75, 3.05) is 20.8 Å². The lowest BCUT2D eigenvalue weighted by atomic mass is 9.79. The second kappa shape index (κ2) is 9.33. The van der Waals surface area contributed by atoms with Crippen molar-refractivity contribution in [1.29, 1.82) is 0 Å². The van der Waals surface area contributed by atoms with Crippen molar-refractivity contribution in [2.24, 2.45) is 5.92 Å². The number of aromatic nitrogens is 2. The lowest BCUT2D eigenvalue weighted by Crippen LogP contribution is -2.34. The quantitative estimate of drug-likeness (QED) is 0.345. The van der Waals surface area contributed by atoms with Crippen molar-refractivity contribution < 1.29 is 36.6 Å². The smallest absolute Gasteiger partial charge is 0.449 e. The monoisotopic (exact) mass is 516 g/mol. The summed E-state index contributed by atoms with van der Waals surface area (Å²) in [5.41, 5.74) is 2.04. The van der Waals surface area contributed by atoms with Gasteiger partial charge in [-0.3, -0.25) is 4.79 Å². The van der Waals surface area contributed by atoms with E-state index in [9.17, 15) is 22.4 Å². The predicted octanol–water partition coefficient (Wildman–Crippen LogP) is 5.76. The highest BCUT2D eigenvalue weighted by Crippen LogP contribution is 2.54. The largest absolute Gasteiger partial charge is 0.496 e. The number of nitrogens with zero attached hydrogens (tertiary/aromatic N) is 1. The van der Waals surface area contributed by atoms with Gasteiger partial charge in [0.15, 0.2) is 0 Å². The number of alkyl halides is 3. The Morgan fingerprint density at radius 1 is 1.16 bits per heavy atom. The van der Waals surface area contributed by atoms with E-state index in [1.54, 1.807) is 30.3 Å². The van der Waals surface area contributed by atoms with Gasteiger partial charge in [-0.2, -0.15) is 13.2 Å². The zero-order valence-corrected chi connectivity index (χ0v) is 20.1. The Balaban J connectivity index is 1.55. The zero-order valence-electron chi connectivity index (χ0n) is 20.1. The molecule has 1 spiro atoms. The molecule has 1 saturated carbocycles. The minimum absolute atomic E-state index is 0.197. The summed E-state index contributed by atoms with van der Waals surface area (Å²) in [6.07, 6.45) is -0.437. The van der Waals surface area contributed by atoms with Crippen LogP contribution in [-0.4, -0.2) is 42.4 Å². The molecule has 194 valence electrons. The van der Waals surface area contributed by atoms with E-state index in [0.29, 0.717) is 29.7 Å². The molecule has 10 heteroatoms. The minimum Gasteiger partial charge on any atom is -0.496 e. The van der Waals surface area contributed by atoms with Crippen LogP contribution in [0.5, 0.6) is 5.75 Å². The molecule has 3 atom stereocenters. The third-order valence-electron chi connectivity index (χ3n) is 7.12. The summed E-state index contributed by atoms with van der Waals surface area (Å²) in [5.74, 6) is -2.20. The normalized spacial score (nSPS) is 23.4. The molecule has 6 nitrogen and oxygen atoms in total. The fourth-order valence-electron chi connectivity index (χ4n) is 5.44. The molecule has 2 aliphatic rings. The Morgan fingerprint density at radius 2 is 1.92 bits per heavy atom. The van der Waals surface area contributed by atoms with Crippen LogP contribution in [-0.2, 0) is 20.4 Å². The summed E-state index contributed by atoms with van der Waals surface area (Å²) in [4.78, 5) is 18.4. The van der Waals surface area contributed by atoms with Crippen LogP contribution >= 0.6 is 0 Å². The summed E-state index contributed by atoms with van der Waals surface area (Å²) >= 11 is 0. The van der Waals surface area contributed by atoms with E-state index in [-0.39, 0.29) is 24.1 Å². The fourth-order valence-corrected chi connectivity index (χ4v) is 5.44. The van der Waals surface area contributed by atoms with Gasteiger partial charge in [-0.1, -0.05) is 12.1 Å². The van der Waals surface area contributed by atoms with Crippen molar-refractivity contribution in [3.05, 3.63) is 77.5 Å². The molecule has 0 unspecified atom stereocenters. The van der Waals surface area contributed by atoms with E-state index in [0.717, 1.165) is 17.3 Å². The Bertz CT molecular complexity index is 1350. The number of methoxy groups -OCH3 is 2. The number of benzene rings is 2. The van der Waals surface area contributed by atoms with Crippen molar-refractivity contribution in [2.45, 2.75) is 30.5 Å². The summed E-state index contributed by atoms with van der Waals surface area (Å²) in [5, 5.41) is 0. The molecule has 2 aromatic carbocycles. The van der Waals surface area contributed by atoms with E-state index < -0.39 is 29.4 Å². The number of H-pyrrole nitrogens is 1. The van der Waals surface area contributed by atoms with Crippen LogP contribution in [0.4, 0.5) is 17.6 Å². The van der Waals surface area contributed by atoms with Crippen LogP contribution < -0.4 is 4.74 Å². The fraction of sp³-hybridized carbons (Fsp3) is 0.333. The molecule has 1 fully saturated rings. The maximum atomic E-state index is 13.7. The van der Waals surface area contributed by atoms with Crippen LogP contribution in [0.1, 0.15) is 35.7 Å². The predicted molar refractivity (Wildman–Crippen MR) is 126 cm³/mol. The van der Waals surface area contributed by atoms with E-state index in [2.05, 4.69) is 9.97 Å². The lowest BCUT2D eigenvalue weighted by molar-refractivity contribution is -0.146. The molecular formula is C27H24F4N2O4. The molecule has 0 radical (unpaired) electrons. The van der Waals surface area contributed by atoms with E-state index in [1.165, 1.54) is 26.4 Å². The first-order valence-electron chi connectivity index (χ1n) is 11.6. The molecule has 1 aliphatic heterocycles. The number of carbonyl (C=O) groups excluding carboxylic acids is 1. The first-order chi connectivity index (χ1) is 17.6. The van der Waals surface area contributed by atoms with Gasteiger partial charge in [-0.05, 0) is 60.4 Å². The topological polar surface area (TPSA) is 73.4 Å². The Morgan fingerprint density at radius 3 is 2.57 bits per heavy atom. The molecule has 0 saturated heterocycles. The highest BCUT2D eigenvalue weighted by Gasteiger charge is 2.54. The molecule has 0 bridgehead atoms. The summed E-state index contributed by atoms with van der Waals surface area (Å²) in [6, 6.07) is 11.0. The summed E-state index contributed by atoms with van der Waals surface area (Å²) in [7, 11) is 2.84. The summed E-state index contributed by atoms with van der Waals surface area (Å²) < 4.78 is 69.8. The van der Waals surface area contributed by atoms with Gasteiger partial charge in [-0.25, -0.2) is 9.37 Å². The van der Waals surface area contributed by atoms with Gasteiger partial charge in [0.1, 0.15) is 11.6 Å². The van der Waals surface area contributed by atoms with E-state index in [1.807, 2.05) is 6.08 Å². The van der Waals surface area contributed by atoms with Crippen LogP contribution in [0.3, 0.4) is 0 Å². The molecule has 3 aromatic rings. The number of aromatic amines is 1. The van der Waals surface area contributed by atoms with E-state index in [4.69, 9.17) is 14.2 Å². The van der Waals surface area contributed by atoms with Crippen LogP contribution in [0.25, 0.3) is 16.8 Å². The van der Waals surface area contributed by atoms with Gasteiger partial charge in [0.05, 0.1) is 44.2 Å². The zero-order chi connectivity index (χ0) is 26.4. The van der Waals surface area contributed by atoms with Crippen LogP contribution in [0.2, 0.25) is 0 Å². The molecule has 0 amide bonds.